The first-order chi connectivity index (χ1) is 20.2. The van der Waals surface area contributed by atoms with E-state index in [2.05, 4.69) is 20.0 Å². The Bertz CT molecular complexity index is 1840. The molecule has 3 aromatic rings. The second-order valence-corrected chi connectivity index (χ2v) is 13.6. The quantitative estimate of drug-likeness (QED) is 0.405. The van der Waals surface area contributed by atoms with Gasteiger partial charge in [0.25, 0.3) is 15.9 Å². The number of carbonyl (C=O) groups is 1. The van der Waals surface area contributed by atoms with E-state index in [1.807, 2.05) is 0 Å². The zero-order chi connectivity index (χ0) is 31.0. The van der Waals surface area contributed by atoms with E-state index in [1.54, 1.807) is 19.1 Å². The molecule has 1 amide bonds. The lowest BCUT2D eigenvalue weighted by molar-refractivity contribution is -0.137. The van der Waals surface area contributed by atoms with Crippen LogP contribution in [0.15, 0.2) is 82.3 Å². The highest BCUT2D eigenvalue weighted by molar-refractivity contribution is 7.92. The van der Waals surface area contributed by atoms with E-state index in [0.717, 1.165) is 17.5 Å². The summed E-state index contributed by atoms with van der Waals surface area (Å²) < 4.78 is 94.7. The number of rotatable bonds is 7. The molecule has 1 fully saturated rings. The Morgan fingerprint density at radius 1 is 1.02 bits per heavy atom. The lowest BCUT2D eigenvalue weighted by Gasteiger charge is -2.34. The topological polar surface area (TPSA) is 138 Å². The molecule has 1 spiro atoms. The number of amides is 1. The van der Waals surface area contributed by atoms with E-state index in [0.29, 0.717) is 16.8 Å². The van der Waals surface area contributed by atoms with Crippen LogP contribution in [0.2, 0.25) is 0 Å². The zero-order valence-corrected chi connectivity index (χ0v) is 24.3. The van der Waals surface area contributed by atoms with E-state index >= 15 is 0 Å². The van der Waals surface area contributed by atoms with Crippen molar-refractivity contribution >= 4 is 43.6 Å². The Hall–Kier alpha value is -4.08. The summed E-state index contributed by atoms with van der Waals surface area (Å²) in [5, 5.41) is 3.57. The SMILES string of the molecule is Cc1cc(S(=O)(=O)Nc2cccnc2)ccc1/C=C/S(=O)(=O)N1CCC2(CC1)N=C(c1cccc(C(F)(F)F)c1)NC2=O. The van der Waals surface area contributed by atoms with Gasteiger partial charge in [0, 0.05) is 30.3 Å². The van der Waals surface area contributed by atoms with Crippen molar-refractivity contribution < 1.29 is 34.8 Å². The molecule has 2 aliphatic heterocycles. The maximum Gasteiger partial charge on any atom is 0.416 e. The van der Waals surface area contributed by atoms with E-state index in [1.165, 1.54) is 53.1 Å². The summed E-state index contributed by atoms with van der Waals surface area (Å²) in [5.74, 6) is -0.472. The Labute approximate surface area is 246 Å². The Balaban J connectivity index is 1.26. The van der Waals surface area contributed by atoms with Crippen LogP contribution in [-0.4, -0.2) is 56.5 Å². The molecule has 15 heteroatoms. The van der Waals surface area contributed by atoms with Gasteiger partial charge in [0.2, 0.25) is 10.0 Å². The third kappa shape index (κ3) is 6.48. The average molecular weight is 634 g/mol. The van der Waals surface area contributed by atoms with Crippen molar-refractivity contribution in [2.75, 3.05) is 17.8 Å². The van der Waals surface area contributed by atoms with E-state index in [-0.39, 0.29) is 42.2 Å². The summed E-state index contributed by atoms with van der Waals surface area (Å²) in [6, 6.07) is 11.9. The number of benzene rings is 2. The number of piperidine rings is 1. The third-order valence-electron chi connectivity index (χ3n) is 7.24. The molecule has 0 saturated carbocycles. The van der Waals surface area contributed by atoms with Crippen molar-refractivity contribution in [3.05, 3.63) is 94.7 Å². The fraction of sp³-hybridized carbons (Fsp3) is 0.250. The number of hydrogen-bond acceptors (Lipinski definition) is 7. The lowest BCUT2D eigenvalue weighted by Crippen LogP contribution is -2.50. The summed E-state index contributed by atoms with van der Waals surface area (Å²) in [6.07, 6.45) is -0.214. The maximum atomic E-state index is 13.1. The monoisotopic (exact) mass is 633 g/mol. The molecule has 0 bridgehead atoms. The number of nitrogens with one attached hydrogen (secondary N) is 2. The number of pyridine rings is 1. The number of aryl methyl sites for hydroxylation is 1. The maximum absolute atomic E-state index is 13.1. The smallest absolute Gasteiger partial charge is 0.308 e. The minimum atomic E-state index is -4.56. The highest BCUT2D eigenvalue weighted by Crippen LogP contribution is 2.34. The van der Waals surface area contributed by atoms with Crippen LogP contribution in [-0.2, 0) is 31.0 Å². The molecule has 43 heavy (non-hydrogen) atoms. The molecule has 2 aliphatic rings. The van der Waals surface area contributed by atoms with Crippen LogP contribution in [0.25, 0.3) is 6.08 Å². The van der Waals surface area contributed by atoms with Crippen LogP contribution < -0.4 is 10.0 Å². The molecule has 0 unspecified atom stereocenters. The van der Waals surface area contributed by atoms with Gasteiger partial charge >= 0.3 is 6.18 Å². The fourth-order valence-corrected chi connectivity index (χ4v) is 7.14. The van der Waals surface area contributed by atoms with Crippen LogP contribution in [0, 0.1) is 6.92 Å². The first kappa shape index (κ1) is 30.4. The van der Waals surface area contributed by atoms with Gasteiger partial charge in [-0.2, -0.15) is 17.5 Å². The summed E-state index contributed by atoms with van der Waals surface area (Å²) in [4.78, 5) is 21.1. The van der Waals surface area contributed by atoms with Crippen LogP contribution in [0.4, 0.5) is 18.9 Å². The van der Waals surface area contributed by atoms with Gasteiger partial charge in [-0.25, -0.2) is 16.8 Å². The van der Waals surface area contributed by atoms with Gasteiger partial charge in [-0.3, -0.25) is 19.5 Å². The van der Waals surface area contributed by atoms with Gasteiger partial charge in [-0.15, -0.1) is 0 Å². The lowest BCUT2D eigenvalue weighted by atomic mass is 9.89. The molecule has 0 aliphatic carbocycles. The van der Waals surface area contributed by atoms with Gasteiger partial charge in [-0.1, -0.05) is 18.2 Å². The molecule has 0 atom stereocenters. The number of amidine groups is 1. The van der Waals surface area contributed by atoms with Gasteiger partial charge in [0.1, 0.15) is 11.4 Å². The van der Waals surface area contributed by atoms with Gasteiger partial charge in [0.15, 0.2) is 0 Å². The van der Waals surface area contributed by atoms with Crippen molar-refractivity contribution in [3.63, 3.8) is 0 Å². The van der Waals surface area contributed by atoms with Crippen LogP contribution in [0.1, 0.15) is 35.1 Å². The number of alkyl halides is 3. The van der Waals surface area contributed by atoms with Gasteiger partial charge in [-0.05, 0) is 73.4 Å². The van der Waals surface area contributed by atoms with Crippen molar-refractivity contribution in [1.29, 1.82) is 0 Å². The van der Waals surface area contributed by atoms with Crippen molar-refractivity contribution in [2.24, 2.45) is 4.99 Å². The Kier molecular flexibility index (Phi) is 7.92. The molecule has 1 aromatic heterocycles. The normalized spacial score (nSPS) is 17.7. The number of sulfonamides is 2. The molecule has 2 aromatic carbocycles. The highest BCUT2D eigenvalue weighted by atomic mass is 32.2. The van der Waals surface area contributed by atoms with Gasteiger partial charge in [0.05, 0.1) is 22.3 Å². The second kappa shape index (κ2) is 11.2. The zero-order valence-electron chi connectivity index (χ0n) is 22.7. The minimum Gasteiger partial charge on any atom is -0.308 e. The third-order valence-corrected chi connectivity index (χ3v) is 10.2. The number of anilines is 1. The number of aliphatic imine (C=N–C) groups is 1. The minimum absolute atomic E-state index is 0.00455. The fourth-order valence-electron chi connectivity index (χ4n) is 4.83. The standard InChI is InChI=1S/C28H26F3N5O5S2/c1-19-16-24(43(40,41)35-23-6-3-12-32-18-23)8-7-20(19)9-15-42(38,39)36-13-10-27(11-14-36)26(37)33-25(34-27)21-4-2-5-22(17-21)28(29,30)31/h2-9,12,15-18,35H,10-11,13-14H2,1H3,(H,33,34,37)/b15-9+. The highest BCUT2D eigenvalue weighted by Gasteiger charge is 2.47. The molecule has 0 radical (unpaired) electrons. The van der Waals surface area contributed by atoms with Crippen LogP contribution in [0.3, 0.4) is 0 Å². The summed E-state index contributed by atoms with van der Waals surface area (Å²) in [5.41, 5.74) is -0.726. The number of nitrogens with zero attached hydrogens (tertiary/aromatic N) is 3. The predicted molar refractivity (Wildman–Crippen MR) is 154 cm³/mol. The Morgan fingerprint density at radius 2 is 1.77 bits per heavy atom. The first-order valence-electron chi connectivity index (χ1n) is 13.0. The molecule has 2 N–H and O–H groups in total. The van der Waals surface area contributed by atoms with Gasteiger partial charge < -0.3 is 5.32 Å². The number of halogens is 3. The summed E-state index contributed by atoms with van der Waals surface area (Å²) in [7, 11) is -7.81. The predicted octanol–water partition coefficient (Wildman–Crippen LogP) is 3.92. The first-order valence-corrected chi connectivity index (χ1v) is 16.0. The number of hydrogen-bond donors (Lipinski definition) is 2. The van der Waals surface area contributed by atoms with Crippen molar-refractivity contribution in [3.8, 4) is 0 Å². The molecule has 226 valence electrons. The average Bonchev–Trinajstić information content (AvgIpc) is 3.27. The number of carbonyl (C=O) groups excluding carboxylic acids is 1. The molecule has 1 saturated heterocycles. The van der Waals surface area contributed by atoms with E-state index in [9.17, 15) is 34.8 Å². The van der Waals surface area contributed by atoms with E-state index in [4.69, 9.17) is 0 Å². The summed E-state index contributed by atoms with van der Waals surface area (Å²) >= 11 is 0. The molecular weight excluding hydrogens is 607 g/mol. The van der Waals surface area contributed by atoms with Crippen LogP contribution >= 0.6 is 0 Å². The van der Waals surface area contributed by atoms with E-state index < -0.39 is 43.2 Å². The largest absolute Gasteiger partial charge is 0.416 e. The van der Waals surface area contributed by atoms with Crippen molar-refractivity contribution in [1.82, 2.24) is 14.6 Å². The molecule has 5 rings (SSSR count). The Morgan fingerprint density at radius 3 is 2.42 bits per heavy atom. The summed E-state index contributed by atoms with van der Waals surface area (Å²) in [6.45, 7) is 1.59. The van der Waals surface area contributed by atoms with Crippen molar-refractivity contribution in [2.45, 2.75) is 36.4 Å². The number of aromatic nitrogens is 1. The second-order valence-electron chi connectivity index (χ2n) is 10.1. The molecular formula is C28H26F3N5O5S2. The molecule has 3 heterocycles. The molecule has 10 nitrogen and oxygen atoms in total. The van der Waals surface area contributed by atoms with Crippen LogP contribution in [0.5, 0.6) is 0 Å².